The molecule has 44 heavy (non-hydrogen) atoms. The zero-order chi connectivity index (χ0) is 31.5. The Morgan fingerprint density at radius 3 is 2.52 bits per heavy atom. The Hall–Kier alpha value is -2.21. The molecule has 3 amide bonds. The van der Waals surface area contributed by atoms with Crippen LogP contribution in [0.1, 0.15) is 82.2 Å². The van der Waals surface area contributed by atoms with Crippen molar-refractivity contribution in [2.45, 2.75) is 90.1 Å². The minimum atomic E-state index is -0.743. The zero-order valence-corrected chi connectivity index (χ0v) is 28.3. The van der Waals surface area contributed by atoms with Crippen molar-refractivity contribution in [1.29, 1.82) is 0 Å². The molecule has 1 saturated carbocycles. The van der Waals surface area contributed by atoms with Crippen molar-refractivity contribution in [2.24, 2.45) is 11.8 Å². The van der Waals surface area contributed by atoms with Crippen LogP contribution in [0.4, 0.5) is 0 Å². The van der Waals surface area contributed by atoms with Crippen LogP contribution in [-0.4, -0.2) is 84.8 Å². The number of nitrogens with one attached hydrogen (secondary N) is 3. The van der Waals surface area contributed by atoms with Crippen molar-refractivity contribution in [2.75, 3.05) is 45.1 Å². The lowest BCUT2D eigenvalue weighted by Crippen LogP contribution is -2.55. The second kappa shape index (κ2) is 17.5. The van der Waals surface area contributed by atoms with E-state index in [0.717, 1.165) is 80.2 Å². The fourth-order valence-corrected chi connectivity index (χ4v) is 7.50. The molecule has 0 radical (unpaired) electrons. The molecule has 3 atom stereocenters. The normalized spacial score (nSPS) is 18.6. The average Bonchev–Trinajstić information content (AvgIpc) is 3.45. The molecule has 2 heterocycles. The van der Waals surface area contributed by atoms with Crippen molar-refractivity contribution in [3.05, 3.63) is 28.8 Å². The maximum Gasteiger partial charge on any atom is 0.243 e. The molecule has 1 aliphatic heterocycles. The lowest BCUT2D eigenvalue weighted by molar-refractivity contribution is -0.129. The van der Waals surface area contributed by atoms with Crippen LogP contribution in [0.15, 0.2) is 18.2 Å². The van der Waals surface area contributed by atoms with Crippen LogP contribution in [0.2, 0.25) is 0 Å². The van der Waals surface area contributed by atoms with Gasteiger partial charge >= 0.3 is 0 Å². The highest BCUT2D eigenvalue weighted by molar-refractivity contribution is 7.80. The molecule has 1 saturated heterocycles. The van der Waals surface area contributed by atoms with E-state index in [1.54, 1.807) is 18.3 Å². The number of thiazole rings is 1. The molecule has 1 aliphatic carbocycles. The van der Waals surface area contributed by atoms with Gasteiger partial charge in [-0.1, -0.05) is 46.1 Å². The summed E-state index contributed by atoms with van der Waals surface area (Å²) in [7, 11) is 0. The van der Waals surface area contributed by atoms with E-state index in [2.05, 4.69) is 59.5 Å². The van der Waals surface area contributed by atoms with Gasteiger partial charge in [-0.05, 0) is 55.3 Å². The number of morpholine rings is 1. The van der Waals surface area contributed by atoms with Gasteiger partial charge in [-0.25, -0.2) is 4.98 Å². The van der Waals surface area contributed by atoms with Gasteiger partial charge in [0.25, 0.3) is 0 Å². The first kappa shape index (κ1) is 34.7. The summed E-state index contributed by atoms with van der Waals surface area (Å²) < 4.78 is 6.53. The molecule has 11 heteroatoms. The summed E-state index contributed by atoms with van der Waals surface area (Å²) in [5.41, 5.74) is 2.16. The van der Waals surface area contributed by atoms with E-state index in [1.165, 1.54) is 12.0 Å². The quantitative estimate of drug-likeness (QED) is 0.215. The number of nitrogens with zero attached hydrogens (tertiary/aromatic N) is 2. The van der Waals surface area contributed by atoms with Crippen LogP contribution in [0, 0.1) is 11.8 Å². The fraction of sp³-hybridized carbons (Fsp3) is 0.697. The van der Waals surface area contributed by atoms with Gasteiger partial charge in [0.1, 0.15) is 6.04 Å². The average molecular weight is 646 g/mol. The maximum atomic E-state index is 13.8. The summed E-state index contributed by atoms with van der Waals surface area (Å²) in [5, 5.41) is 10.2. The number of carbonyl (C=O) groups is 3. The number of carbonyl (C=O) groups excluding carboxylic acids is 3. The highest BCUT2D eigenvalue weighted by Gasteiger charge is 2.30. The first-order valence-electron chi connectivity index (χ1n) is 16.4. The summed E-state index contributed by atoms with van der Waals surface area (Å²) in [5.74, 6) is 0.546. The van der Waals surface area contributed by atoms with E-state index in [0.29, 0.717) is 31.1 Å². The molecule has 2 fully saturated rings. The molecule has 244 valence electrons. The lowest BCUT2D eigenvalue weighted by atomic mass is 9.83. The lowest BCUT2D eigenvalue weighted by Gasteiger charge is -2.33. The van der Waals surface area contributed by atoms with E-state index in [4.69, 9.17) is 9.72 Å². The Morgan fingerprint density at radius 1 is 1.09 bits per heavy atom. The first-order valence-corrected chi connectivity index (χ1v) is 17.9. The van der Waals surface area contributed by atoms with Crippen molar-refractivity contribution >= 4 is 51.9 Å². The predicted molar refractivity (Wildman–Crippen MR) is 180 cm³/mol. The highest BCUT2D eigenvalue weighted by Crippen LogP contribution is 2.28. The van der Waals surface area contributed by atoms with Crippen molar-refractivity contribution in [3.8, 4) is 0 Å². The van der Waals surface area contributed by atoms with Gasteiger partial charge in [-0.2, -0.15) is 12.6 Å². The Labute approximate surface area is 272 Å². The van der Waals surface area contributed by atoms with Crippen LogP contribution < -0.4 is 16.0 Å². The van der Waals surface area contributed by atoms with E-state index in [1.807, 2.05) is 6.07 Å². The smallest absolute Gasteiger partial charge is 0.243 e. The molecule has 1 aromatic heterocycles. The Balaban J connectivity index is 1.43. The number of hydrogen-bond acceptors (Lipinski definition) is 8. The standard InChI is InChI=1S/C33H51N5O4S2/c1-4-30(39)35-27(19-31-36-26-11-10-24(22(2)3)18-29(26)44-31)33(41)37-28(23-8-6-5-7-9-23)20-34-32(40)25(21-43)12-13-38-14-16-42-17-15-38/h10-11,18,22-23,25,27-28,43H,4-9,12-17,19-21H2,1-3H3,(H,34,40)(H,35,39)(H,37,41)/t25-,27-,28+/m0/s1. The van der Waals surface area contributed by atoms with Gasteiger partial charge in [-0.3, -0.25) is 19.3 Å². The van der Waals surface area contributed by atoms with E-state index < -0.39 is 6.04 Å². The minimum Gasteiger partial charge on any atom is -0.379 e. The molecule has 0 spiro atoms. The summed E-state index contributed by atoms with van der Waals surface area (Å²) >= 11 is 6.06. The Kier molecular flexibility index (Phi) is 13.8. The number of aromatic nitrogens is 1. The monoisotopic (exact) mass is 645 g/mol. The van der Waals surface area contributed by atoms with Crippen LogP contribution in [0.3, 0.4) is 0 Å². The van der Waals surface area contributed by atoms with Crippen LogP contribution in [-0.2, 0) is 25.5 Å². The topological polar surface area (TPSA) is 113 Å². The Morgan fingerprint density at radius 2 is 1.84 bits per heavy atom. The first-order chi connectivity index (χ1) is 21.3. The van der Waals surface area contributed by atoms with Crippen LogP contribution >= 0.6 is 24.0 Å². The number of ether oxygens (including phenoxy) is 1. The van der Waals surface area contributed by atoms with E-state index in [-0.39, 0.29) is 35.6 Å². The molecular formula is C33H51N5O4S2. The fourth-order valence-electron chi connectivity index (χ4n) is 6.09. The van der Waals surface area contributed by atoms with Gasteiger partial charge in [0, 0.05) is 50.2 Å². The second-order valence-corrected chi connectivity index (χ2v) is 14.0. The van der Waals surface area contributed by atoms with Crippen molar-refractivity contribution < 1.29 is 19.1 Å². The summed E-state index contributed by atoms with van der Waals surface area (Å²) in [6.07, 6.45) is 6.79. The van der Waals surface area contributed by atoms with E-state index >= 15 is 0 Å². The van der Waals surface area contributed by atoms with Gasteiger partial charge in [0.2, 0.25) is 17.7 Å². The minimum absolute atomic E-state index is 0.0191. The summed E-state index contributed by atoms with van der Waals surface area (Å²) in [4.78, 5) is 46.7. The van der Waals surface area contributed by atoms with E-state index in [9.17, 15) is 14.4 Å². The number of thiol groups is 1. The summed E-state index contributed by atoms with van der Waals surface area (Å²) in [6, 6.07) is 5.35. The zero-order valence-electron chi connectivity index (χ0n) is 26.6. The van der Waals surface area contributed by atoms with Crippen LogP contribution in [0.5, 0.6) is 0 Å². The van der Waals surface area contributed by atoms with Crippen LogP contribution in [0.25, 0.3) is 10.2 Å². The van der Waals surface area contributed by atoms with Gasteiger partial charge < -0.3 is 20.7 Å². The molecule has 2 aliphatic rings. The second-order valence-electron chi connectivity index (χ2n) is 12.5. The van der Waals surface area contributed by atoms with Gasteiger partial charge in [0.15, 0.2) is 0 Å². The number of rotatable bonds is 15. The predicted octanol–water partition coefficient (Wildman–Crippen LogP) is 4.31. The number of fused-ring (bicyclic) bond motifs is 1. The molecule has 9 nitrogen and oxygen atoms in total. The molecule has 4 rings (SSSR count). The summed E-state index contributed by atoms with van der Waals surface area (Å²) in [6.45, 7) is 10.6. The molecule has 3 N–H and O–H groups in total. The third-order valence-electron chi connectivity index (χ3n) is 9.01. The molecule has 0 unspecified atom stereocenters. The van der Waals surface area contributed by atoms with Gasteiger partial charge in [-0.15, -0.1) is 11.3 Å². The van der Waals surface area contributed by atoms with Crippen molar-refractivity contribution in [3.63, 3.8) is 0 Å². The number of amides is 3. The maximum absolute atomic E-state index is 13.8. The Bertz CT molecular complexity index is 1230. The SMILES string of the molecule is CCC(=O)N[C@@H](Cc1nc2ccc(C(C)C)cc2s1)C(=O)N[C@H](CNC(=O)[C@H](CS)CCN1CCOCC1)C1CCCCC1. The molecule has 1 aromatic carbocycles. The van der Waals surface area contributed by atoms with Crippen molar-refractivity contribution in [1.82, 2.24) is 25.8 Å². The molecule has 2 aromatic rings. The number of hydrogen-bond donors (Lipinski definition) is 4. The molecule has 0 bridgehead atoms. The molecular weight excluding hydrogens is 595 g/mol. The largest absolute Gasteiger partial charge is 0.379 e. The van der Waals surface area contributed by atoms with Gasteiger partial charge in [0.05, 0.1) is 28.4 Å². The number of benzene rings is 1. The third-order valence-corrected chi connectivity index (χ3v) is 10.5. The third kappa shape index (κ3) is 10.2. The highest BCUT2D eigenvalue weighted by atomic mass is 32.1.